The second kappa shape index (κ2) is 11.5. The molecule has 0 spiro atoms. The van der Waals surface area contributed by atoms with Crippen LogP contribution in [0.15, 0.2) is 36.4 Å². The van der Waals surface area contributed by atoms with E-state index in [4.69, 9.17) is 10.1 Å². The van der Waals surface area contributed by atoms with Crippen molar-refractivity contribution in [3.63, 3.8) is 0 Å². The molecule has 0 aliphatic carbocycles. The van der Waals surface area contributed by atoms with Crippen LogP contribution in [0.3, 0.4) is 0 Å². The van der Waals surface area contributed by atoms with Crippen molar-refractivity contribution in [2.24, 2.45) is 7.05 Å². The number of rotatable bonds is 10. The normalized spacial score (nSPS) is 13.4. The Kier molecular flexibility index (Phi) is 8.60. The highest BCUT2D eigenvalue weighted by atomic mass is 19.1. The molecule has 0 aliphatic rings. The maximum Gasteiger partial charge on any atom is 0.305 e. The van der Waals surface area contributed by atoms with Crippen molar-refractivity contribution in [3.05, 3.63) is 64.7 Å². The van der Waals surface area contributed by atoms with Crippen LogP contribution in [0.5, 0.6) is 0 Å². The minimum Gasteiger partial charge on any atom is -0.481 e. The highest BCUT2D eigenvalue weighted by molar-refractivity contribution is 5.83. The molecule has 8 nitrogen and oxygen atoms in total. The fourth-order valence-electron chi connectivity index (χ4n) is 4.13. The van der Waals surface area contributed by atoms with Gasteiger partial charge in [0.1, 0.15) is 17.5 Å². The van der Waals surface area contributed by atoms with Crippen molar-refractivity contribution in [1.82, 2.24) is 14.8 Å². The van der Waals surface area contributed by atoms with Crippen molar-refractivity contribution in [2.75, 3.05) is 5.32 Å². The van der Waals surface area contributed by atoms with E-state index in [1.807, 2.05) is 40.8 Å². The van der Waals surface area contributed by atoms with Crippen LogP contribution in [0.2, 0.25) is 0 Å². The minimum atomic E-state index is -1.17. The number of halogens is 1. The summed E-state index contributed by atoms with van der Waals surface area (Å²) in [6, 6.07) is 8.10. The van der Waals surface area contributed by atoms with Crippen molar-refractivity contribution in [3.8, 4) is 11.1 Å². The predicted octanol–water partition coefficient (Wildman–Crippen LogP) is 4.70. The van der Waals surface area contributed by atoms with E-state index in [0.717, 1.165) is 39.5 Å². The van der Waals surface area contributed by atoms with Crippen molar-refractivity contribution >= 4 is 23.7 Å². The van der Waals surface area contributed by atoms with Crippen LogP contribution >= 0.6 is 0 Å². The Morgan fingerprint density at radius 3 is 2.42 bits per heavy atom. The number of anilines is 2. The van der Waals surface area contributed by atoms with Crippen LogP contribution in [0.4, 0.5) is 16.0 Å². The van der Waals surface area contributed by atoms with Crippen LogP contribution in [-0.4, -0.2) is 48.3 Å². The van der Waals surface area contributed by atoms with Gasteiger partial charge in [-0.15, -0.1) is 0 Å². The molecule has 4 N–H and O–H groups in total. The number of carboxylic acids is 1. The molecule has 2 heterocycles. The first-order valence-corrected chi connectivity index (χ1v) is 11.8. The molecule has 3 rings (SSSR count). The number of carboxylic acid groups (broad SMARTS) is 1. The lowest BCUT2D eigenvalue weighted by atomic mass is 9.90. The van der Waals surface area contributed by atoms with Crippen molar-refractivity contribution in [1.29, 1.82) is 0 Å². The zero-order chi connectivity index (χ0) is 26.6. The summed E-state index contributed by atoms with van der Waals surface area (Å²) < 4.78 is 15.5. The largest absolute Gasteiger partial charge is 0.481 e. The highest BCUT2D eigenvalue weighted by Gasteiger charge is 2.21. The van der Waals surface area contributed by atoms with Crippen LogP contribution in [0, 0.1) is 19.7 Å². The Morgan fingerprint density at radius 2 is 1.86 bits per heavy atom. The van der Waals surface area contributed by atoms with E-state index in [9.17, 15) is 19.4 Å². The number of aryl methyl sites for hydroxylation is 2. The number of carbonyl (C=O) groups is 1. The number of aliphatic hydroxyl groups is 2. The molecule has 192 valence electrons. The van der Waals surface area contributed by atoms with E-state index >= 15 is 0 Å². The average Bonchev–Trinajstić information content (AvgIpc) is 3.10. The van der Waals surface area contributed by atoms with Gasteiger partial charge in [0.15, 0.2) is 0 Å². The summed E-state index contributed by atoms with van der Waals surface area (Å²) in [5.74, 6) is -0.0679. The van der Waals surface area contributed by atoms with Gasteiger partial charge in [-0.2, -0.15) is 5.10 Å². The molecule has 3 aromatic rings. The maximum atomic E-state index is 13.7. The highest BCUT2D eigenvalue weighted by Crippen LogP contribution is 2.37. The molecular weight excluding hydrogens is 463 g/mol. The molecule has 0 fully saturated rings. The zero-order valence-corrected chi connectivity index (χ0v) is 21.2. The first-order chi connectivity index (χ1) is 17.0. The van der Waals surface area contributed by atoms with Gasteiger partial charge in [-0.05, 0) is 43.0 Å². The molecular formula is C27H33FN4O4. The third kappa shape index (κ3) is 6.56. The summed E-state index contributed by atoms with van der Waals surface area (Å²) in [4.78, 5) is 15.7. The number of aliphatic carboxylic acids is 1. The average molecular weight is 497 g/mol. The monoisotopic (exact) mass is 496 g/mol. The number of hydrogen-bond acceptors (Lipinski definition) is 6. The van der Waals surface area contributed by atoms with Crippen LogP contribution in [0.25, 0.3) is 17.2 Å². The first kappa shape index (κ1) is 27.0. The van der Waals surface area contributed by atoms with Gasteiger partial charge >= 0.3 is 5.97 Å². The van der Waals surface area contributed by atoms with Crippen molar-refractivity contribution in [2.45, 2.75) is 58.7 Å². The predicted molar refractivity (Wildman–Crippen MR) is 138 cm³/mol. The van der Waals surface area contributed by atoms with Crippen LogP contribution < -0.4 is 5.32 Å². The molecule has 0 radical (unpaired) electrons. The molecule has 0 aliphatic heterocycles. The van der Waals surface area contributed by atoms with E-state index in [1.165, 1.54) is 18.2 Å². The lowest BCUT2D eigenvalue weighted by Crippen LogP contribution is -2.19. The van der Waals surface area contributed by atoms with Gasteiger partial charge in [0.25, 0.3) is 0 Å². The Morgan fingerprint density at radius 1 is 1.19 bits per heavy atom. The fraction of sp³-hybridized carbons (Fsp3) is 0.370. The standard InChI is InChI=1S/C27H33FN4O4/c1-15(2)26-22(11-10-20(33)13-21(34)14-24(35)36)25(18-6-8-19(28)9-7-18)17(4)27(30-26)29-23-12-16(3)31-32(23)5/h6-12,15,20-21,33-34H,13-14H2,1-5H3,(H,29,30)(H,35,36)/t20-,21-/m1/s1. The number of nitrogens with one attached hydrogen (secondary N) is 1. The molecule has 2 atom stereocenters. The molecule has 36 heavy (non-hydrogen) atoms. The molecule has 2 aromatic heterocycles. The Hall–Kier alpha value is -3.56. The molecule has 0 bridgehead atoms. The van der Waals surface area contributed by atoms with Crippen LogP contribution in [-0.2, 0) is 11.8 Å². The molecule has 9 heteroatoms. The number of aromatic nitrogens is 3. The van der Waals surface area contributed by atoms with Gasteiger partial charge in [-0.25, -0.2) is 9.37 Å². The van der Waals surface area contributed by atoms with E-state index in [2.05, 4.69) is 10.4 Å². The lowest BCUT2D eigenvalue weighted by molar-refractivity contribution is -0.139. The minimum absolute atomic E-state index is 0.00742. The molecule has 0 saturated heterocycles. The topological polar surface area (TPSA) is 121 Å². The van der Waals surface area contributed by atoms with Gasteiger partial charge in [0, 0.05) is 30.7 Å². The molecule has 0 unspecified atom stereocenters. The van der Waals surface area contributed by atoms with Gasteiger partial charge in [0.2, 0.25) is 0 Å². The van der Waals surface area contributed by atoms with Gasteiger partial charge in [-0.3, -0.25) is 9.48 Å². The summed E-state index contributed by atoms with van der Waals surface area (Å²) in [6.45, 7) is 7.84. The van der Waals surface area contributed by atoms with E-state index in [0.29, 0.717) is 5.82 Å². The Labute approximate surface area is 210 Å². The Balaban J connectivity index is 2.12. The second-order valence-electron chi connectivity index (χ2n) is 9.25. The maximum absolute atomic E-state index is 13.7. The smallest absolute Gasteiger partial charge is 0.305 e. The van der Waals surface area contributed by atoms with Gasteiger partial charge in [-0.1, -0.05) is 38.1 Å². The van der Waals surface area contributed by atoms with Gasteiger partial charge in [0.05, 0.1) is 30.0 Å². The summed E-state index contributed by atoms with van der Waals surface area (Å²) in [5.41, 5.74) is 4.81. The third-order valence-electron chi connectivity index (χ3n) is 5.84. The van der Waals surface area contributed by atoms with Crippen molar-refractivity contribution < 1.29 is 24.5 Å². The molecule has 1 aromatic carbocycles. The summed E-state index contributed by atoms with van der Waals surface area (Å²) in [5, 5.41) is 36.9. The Bertz CT molecular complexity index is 1250. The second-order valence-corrected chi connectivity index (χ2v) is 9.25. The third-order valence-corrected chi connectivity index (χ3v) is 5.84. The quantitative estimate of drug-likeness (QED) is 0.321. The zero-order valence-electron chi connectivity index (χ0n) is 21.2. The SMILES string of the molecule is Cc1cc(Nc2nc(C(C)C)c(C=C[C@@H](O)C[C@@H](O)CC(=O)O)c(-c3ccc(F)cc3)c2C)n(C)n1. The number of aliphatic hydroxyl groups excluding tert-OH is 2. The number of benzene rings is 1. The molecule has 0 saturated carbocycles. The lowest BCUT2D eigenvalue weighted by Gasteiger charge is -2.21. The number of pyridine rings is 1. The molecule has 0 amide bonds. The van der Waals surface area contributed by atoms with E-state index in [-0.39, 0.29) is 18.2 Å². The van der Waals surface area contributed by atoms with E-state index < -0.39 is 24.6 Å². The number of nitrogens with zero attached hydrogens (tertiary/aromatic N) is 3. The fourth-order valence-corrected chi connectivity index (χ4v) is 4.13. The first-order valence-electron chi connectivity index (χ1n) is 11.8. The summed E-state index contributed by atoms with van der Waals surface area (Å²) in [7, 11) is 1.84. The van der Waals surface area contributed by atoms with Gasteiger partial charge < -0.3 is 20.6 Å². The van der Waals surface area contributed by atoms with Crippen LogP contribution in [0.1, 0.15) is 55.1 Å². The summed E-state index contributed by atoms with van der Waals surface area (Å²) >= 11 is 0. The van der Waals surface area contributed by atoms with E-state index in [1.54, 1.807) is 22.9 Å². The number of hydrogen-bond donors (Lipinski definition) is 4. The summed E-state index contributed by atoms with van der Waals surface area (Å²) in [6.07, 6.45) is 0.477.